The van der Waals surface area contributed by atoms with Crippen LogP contribution in [0.5, 0.6) is 11.5 Å². The molecule has 13 heavy (non-hydrogen) atoms. The molecule has 0 aliphatic carbocycles. The van der Waals surface area contributed by atoms with Gasteiger partial charge in [-0.2, -0.15) is 13.2 Å². The fourth-order valence-corrected chi connectivity index (χ4v) is 0.918. The van der Waals surface area contributed by atoms with Crippen LogP contribution in [0.1, 0.15) is 5.56 Å². The Kier molecular flexibility index (Phi) is 2.36. The molecule has 2 N–H and O–H groups in total. The zero-order chi connectivity index (χ0) is 10.1. The van der Waals surface area contributed by atoms with Crippen molar-refractivity contribution in [2.75, 3.05) is 0 Å². The van der Waals surface area contributed by atoms with Crippen molar-refractivity contribution in [3.8, 4) is 11.5 Å². The van der Waals surface area contributed by atoms with Crippen molar-refractivity contribution in [2.45, 2.75) is 12.6 Å². The molecule has 0 radical (unpaired) electrons. The molecule has 1 aromatic carbocycles. The third kappa shape index (κ3) is 2.85. The number of hydrogen-bond donors (Lipinski definition) is 2. The van der Waals surface area contributed by atoms with E-state index in [0.717, 1.165) is 18.2 Å². The van der Waals surface area contributed by atoms with E-state index < -0.39 is 18.3 Å². The monoisotopic (exact) mass is 192 g/mol. The van der Waals surface area contributed by atoms with Crippen LogP contribution in [0.25, 0.3) is 0 Å². The molecule has 0 amide bonds. The van der Waals surface area contributed by atoms with Crippen molar-refractivity contribution < 1.29 is 23.4 Å². The first-order valence-electron chi connectivity index (χ1n) is 3.46. The molecule has 0 unspecified atom stereocenters. The summed E-state index contributed by atoms with van der Waals surface area (Å²) < 4.78 is 35.5. The van der Waals surface area contributed by atoms with Gasteiger partial charge in [0, 0.05) is 11.6 Å². The molecule has 0 saturated heterocycles. The van der Waals surface area contributed by atoms with Gasteiger partial charge < -0.3 is 10.2 Å². The second kappa shape index (κ2) is 3.16. The van der Waals surface area contributed by atoms with Crippen molar-refractivity contribution in [3.63, 3.8) is 0 Å². The molecule has 0 aliphatic heterocycles. The average Bonchev–Trinajstić information content (AvgIpc) is 1.93. The van der Waals surface area contributed by atoms with Crippen molar-refractivity contribution >= 4 is 0 Å². The largest absolute Gasteiger partial charge is 0.508 e. The van der Waals surface area contributed by atoms with E-state index in [1.165, 1.54) is 0 Å². The van der Waals surface area contributed by atoms with Gasteiger partial charge in [-0.15, -0.1) is 0 Å². The van der Waals surface area contributed by atoms with Gasteiger partial charge >= 0.3 is 6.18 Å². The summed E-state index contributed by atoms with van der Waals surface area (Å²) in [5.41, 5.74) is -0.245. The molecule has 5 heteroatoms. The summed E-state index contributed by atoms with van der Waals surface area (Å²) in [6.45, 7) is 0. The Morgan fingerprint density at radius 1 is 1.15 bits per heavy atom. The van der Waals surface area contributed by atoms with E-state index in [1.807, 2.05) is 0 Å². The second-order valence-corrected chi connectivity index (χ2v) is 2.60. The molecule has 0 atom stereocenters. The van der Waals surface area contributed by atoms with E-state index in [-0.39, 0.29) is 11.3 Å². The SMILES string of the molecule is Oc1ccc(CC(F)(F)F)c(O)c1. The molecule has 0 aromatic heterocycles. The molecule has 1 aromatic rings. The Morgan fingerprint density at radius 2 is 1.77 bits per heavy atom. The van der Waals surface area contributed by atoms with Crippen LogP contribution in [0.2, 0.25) is 0 Å². The summed E-state index contributed by atoms with van der Waals surface area (Å²) in [4.78, 5) is 0. The topological polar surface area (TPSA) is 40.5 Å². The average molecular weight is 192 g/mol. The second-order valence-electron chi connectivity index (χ2n) is 2.60. The fraction of sp³-hybridized carbons (Fsp3) is 0.250. The summed E-state index contributed by atoms with van der Waals surface area (Å²) in [6, 6.07) is 3.01. The molecule has 0 aliphatic rings. The Balaban J connectivity index is 2.90. The van der Waals surface area contributed by atoms with Crippen molar-refractivity contribution in [1.82, 2.24) is 0 Å². The summed E-state index contributed by atoms with van der Waals surface area (Å²) in [5.74, 6) is -0.805. The van der Waals surface area contributed by atoms with Gasteiger partial charge in [-0.3, -0.25) is 0 Å². The van der Waals surface area contributed by atoms with E-state index in [2.05, 4.69) is 0 Å². The maximum absolute atomic E-state index is 11.8. The molecule has 0 bridgehead atoms. The minimum absolute atomic E-state index is 0.245. The number of alkyl halides is 3. The van der Waals surface area contributed by atoms with Crippen LogP contribution in [0.4, 0.5) is 13.2 Å². The van der Waals surface area contributed by atoms with E-state index >= 15 is 0 Å². The van der Waals surface area contributed by atoms with E-state index in [0.29, 0.717) is 0 Å². The van der Waals surface area contributed by atoms with Gasteiger partial charge in [-0.1, -0.05) is 6.07 Å². The molecule has 0 spiro atoms. The maximum atomic E-state index is 11.8. The van der Waals surface area contributed by atoms with E-state index in [1.54, 1.807) is 0 Å². The molecule has 2 nitrogen and oxygen atoms in total. The van der Waals surface area contributed by atoms with Crippen LogP contribution < -0.4 is 0 Å². The predicted octanol–water partition coefficient (Wildman–Crippen LogP) is 2.20. The number of benzene rings is 1. The van der Waals surface area contributed by atoms with Crippen LogP contribution in [0.15, 0.2) is 18.2 Å². The fourth-order valence-electron chi connectivity index (χ4n) is 0.918. The lowest BCUT2D eigenvalue weighted by Gasteiger charge is -2.07. The Morgan fingerprint density at radius 3 is 2.23 bits per heavy atom. The number of phenolic OH excluding ortho intramolecular Hbond substituents is 2. The maximum Gasteiger partial charge on any atom is 0.393 e. The summed E-state index contributed by atoms with van der Waals surface area (Å²) in [5, 5.41) is 17.8. The highest BCUT2D eigenvalue weighted by Crippen LogP contribution is 2.29. The first-order chi connectivity index (χ1) is 5.88. The molecule has 0 fully saturated rings. The quantitative estimate of drug-likeness (QED) is 0.716. The number of halogens is 3. The van der Waals surface area contributed by atoms with Crippen LogP contribution in [0, 0.1) is 0 Å². The number of hydrogen-bond acceptors (Lipinski definition) is 2. The highest BCUT2D eigenvalue weighted by Gasteiger charge is 2.28. The van der Waals surface area contributed by atoms with Gasteiger partial charge in [0.1, 0.15) is 11.5 Å². The summed E-state index contributed by atoms with van der Waals surface area (Å²) in [7, 11) is 0. The Hall–Kier alpha value is -1.39. The lowest BCUT2D eigenvalue weighted by molar-refractivity contribution is -0.127. The highest BCUT2D eigenvalue weighted by atomic mass is 19.4. The minimum atomic E-state index is -4.35. The first kappa shape index (κ1) is 9.70. The van der Waals surface area contributed by atoms with Crippen LogP contribution >= 0.6 is 0 Å². The Labute approximate surface area is 72.2 Å². The molecular weight excluding hydrogens is 185 g/mol. The van der Waals surface area contributed by atoms with Gasteiger partial charge in [0.2, 0.25) is 0 Å². The van der Waals surface area contributed by atoms with Crippen LogP contribution in [-0.4, -0.2) is 16.4 Å². The zero-order valence-corrected chi connectivity index (χ0v) is 6.47. The highest BCUT2D eigenvalue weighted by molar-refractivity contribution is 5.39. The standard InChI is InChI=1S/C8H7F3O2/c9-8(10,11)4-5-1-2-6(12)3-7(5)13/h1-3,12-13H,4H2. The molecule has 0 saturated carbocycles. The number of phenols is 2. The summed E-state index contributed by atoms with van der Waals surface area (Å²) >= 11 is 0. The Bertz CT molecular complexity index is 307. The first-order valence-corrected chi connectivity index (χ1v) is 3.46. The van der Waals surface area contributed by atoms with Crippen molar-refractivity contribution in [1.29, 1.82) is 0 Å². The zero-order valence-electron chi connectivity index (χ0n) is 6.47. The summed E-state index contributed by atoms with van der Waals surface area (Å²) in [6.07, 6.45) is -5.55. The van der Waals surface area contributed by atoms with Gasteiger partial charge in [0.15, 0.2) is 0 Å². The lowest BCUT2D eigenvalue weighted by Crippen LogP contribution is -2.11. The van der Waals surface area contributed by atoms with Gasteiger partial charge in [-0.25, -0.2) is 0 Å². The molecule has 72 valence electrons. The van der Waals surface area contributed by atoms with Gasteiger partial charge in [0.05, 0.1) is 6.42 Å². The van der Waals surface area contributed by atoms with Crippen LogP contribution in [-0.2, 0) is 6.42 Å². The molecule has 0 heterocycles. The normalized spacial score (nSPS) is 11.6. The number of aromatic hydroxyl groups is 2. The van der Waals surface area contributed by atoms with Gasteiger partial charge in [0.25, 0.3) is 0 Å². The van der Waals surface area contributed by atoms with E-state index in [9.17, 15) is 13.2 Å². The third-order valence-corrected chi connectivity index (χ3v) is 1.46. The van der Waals surface area contributed by atoms with Crippen LogP contribution in [0.3, 0.4) is 0 Å². The molecule has 1 rings (SSSR count). The smallest absolute Gasteiger partial charge is 0.393 e. The van der Waals surface area contributed by atoms with Crippen molar-refractivity contribution in [3.05, 3.63) is 23.8 Å². The van der Waals surface area contributed by atoms with Gasteiger partial charge in [-0.05, 0) is 6.07 Å². The molecular formula is C8H7F3O2. The van der Waals surface area contributed by atoms with Crippen molar-refractivity contribution in [2.24, 2.45) is 0 Å². The third-order valence-electron chi connectivity index (χ3n) is 1.46. The number of rotatable bonds is 1. The van der Waals surface area contributed by atoms with E-state index in [4.69, 9.17) is 10.2 Å². The predicted molar refractivity (Wildman–Crippen MR) is 39.5 cm³/mol. The minimum Gasteiger partial charge on any atom is -0.508 e. The lowest BCUT2D eigenvalue weighted by atomic mass is 10.1.